The lowest BCUT2D eigenvalue weighted by atomic mass is 10.1. The summed E-state index contributed by atoms with van der Waals surface area (Å²) in [5, 5.41) is 23.0. The fourth-order valence-corrected chi connectivity index (χ4v) is 1.84. The number of rotatable bonds is 5. The van der Waals surface area contributed by atoms with Crippen LogP contribution in [0.1, 0.15) is 18.3 Å². The van der Waals surface area contributed by atoms with Crippen molar-refractivity contribution in [3.63, 3.8) is 0 Å². The topological polar surface area (TPSA) is 173 Å². The molecule has 11 heteroatoms. The Hall–Kier alpha value is -2.62. The van der Waals surface area contributed by atoms with Gasteiger partial charge in [-0.3, -0.25) is 14.3 Å². The number of H-pyrrole nitrogens is 2. The normalized spacial score (nSPS) is 13.9. The summed E-state index contributed by atoms with van der Waals surface area (Å²) in [5.41, 5.74) is 6.93. The zero-order valence-corrected chi connectivity index (χ0v) is 11.0. The zero-order chi connectivity index (χ0) is 15.6. The average molecular weight is 295 g/mol. The molecule has 0 saturated carbocycles. The van der Waals surface area contributed by atoms with Crippen molar-refractivity contribution < 1.29 is 10.2 Å². The molecule has 0 aliphatic rings. The molecular weight excluding hydrogens is 282 g/mol. The van der Waals surface area contributed by atoms with Gasteiger partial charge in [0, 0.05) is 18.5 Å². The molecule has 2 unspecified atom stereocenters. The van der Waals surface area contributed by atoms with Crippen molar-refractivity contribution in [3.8, 4) is 0 Å². The number of aromatic nitrogens is 4. The maximum atomic E-state index is 11.6. The van der Waals surface area contributed by atoms with E-state index in [1.807, 2.05) is 0 Å². The number of nitrogens with zero attached hydrogens (tertiary/aromatic N) is 5. The Labute approximate surface area is 116 Å². The molecule has 0 fully saturated rings. The van der Waals surface area contributed by atoms with Crippen LogP contribution >= 0.6 is 0 Å². The van der Waals surface area contributed by atoms with E-state index in [9.17, 15) is 19.8 Å². The molecule has 0 aliphatic carbocycles. The first-order chi connectivity index (χ1) is 9.95. The number of fused-ring (bicyclic) bond motifs is 1. The fourth-order valence-electron chi connectivity index (χ4n) is 1.84. The molecule has 2 aromatic rings. The van der Waals surface area contributed by atoms with E-state index in [0.29, 0.717) is 0 Å². The van der Waals surface area contributed by atoms with Crippen LogP contribution in [0.3, 0.4) is 0 Å². The van der Waals surface area contributed by atoms with E-state index in [1.165, 1.54) is 7.05 Å². The number of hydrogen-bond donors (Lipinski definition) is 4. The summed E-state index contributed by atoms with van der Waals surface area (Å²) < 4.78 is 1.11. The number of nitrogens with one attached hydrogen (secondary N) is 2. The molecule has 0 amide bonds. The minimum absolute atomic E-state index is 0.00796. The number of imidazole rings is 1. The van der Waals surface area contributed by atoms with Gasteiger partial charge in [-0.25, -0.2) is 9.78 Å². The largest absolute Gasteiger partial charge is 0.390 e. The Morgan fingerprint density at radius 2 is 2.14 bits per heavy atom. The van der Waals surface area contributed by atoms with Crippen LogP contribution in [0.5, 0.6) is 0 Å². The van der Waals surface area contributed by atoms with Gasteiger partial charge in [-0.2, -0.15) is 0 Å². The van der Waals surface area contributed by atoms with Crippen molar-refractivity contribution in [2.45, 2.75) is 18.6 Å². The first kappa shape index (κ1) is 14.8. The van der Waals surface area contributed by atoms with Crippen LogP contribution in [-0.2, 0) is 7.05 Å². The van der Waals surface area contributed by atoms with Gasteiger partial charge in [0.15, 0.2) is 5.65 Å². The third-order valence-electron chi connectivity index (χ3n) is 3.01. The van der Waals surface area contributed by atoms with Gasteiger partial charge in [0.05, 0.1) is 6.10 Å². The van der Waals surface area contributed by atoms with Crippen LogP contribution in [0.4, 0.5) is 0 Å². The van der Waals surface area contributed by atoms with Crippen molar-refractivity contribution in [1.82, 2.24) is 19.5 Å². The standard InChI is InChI=1S/C10H13N7O4/c1-17-8-5(9(20)15-10(17)21)13-7(14-8)6(19)4(18)2-3-12-16-11/h4,6,18-19H,2-3H2,1H3,(H,13,14)(H,15,20,21). The second-order valence-electron chi connectivity index (χ2n) is 4.39. The maximum absolute atomic E-state index is 11.6. The van der Waals surface area contributed by atoms with Gasteiger partial charge in [-0.05, 0) is 12.0 Å². The van der Waals surface area contributed by atoms with Gasteiger partial charge >= 0.3 is 5.69 Å². The van der Waals surface area contributed by atoms with Crippen LogP contribution in [0.25, 0.3) is 21.6 Å². The van der Waals surface area contributed by atoms with Crippen LogP contribution in [0, 0.1) is 0 Å². The molecule has 0 aromatic carbocycles. The Morgan fingerprint density at radius 3 is 2.81 bits per heavy atom. The van der Waals surface area contributed by atoms with Crippen LogP contribution in [0.15, 0.2) is 14.7 Å². The minimum atomic E-state index is -1.40. The number of hydrogen-bond acceptors (Lipinski definition) is 6. The highest BCUT2D eigenvalue weighted by molar-refractivity contribution is 5.69. The predicted octanol–water partition coefficient (Wildman–Crippen LogP) is -0.955. The predicted molar refractivity (Wildman–Crippen MR) is 71.6 cm³/mol. The summed E-state index contributed by atoms with van der Waals surface area (Å²) in [6.07, 6.45) is -2.61. The smallest absolute Gasteiger partial charge is 0.329 e. The monoisotopic (exact) mass is 295 g/mol. The van der Waals surface area contributed by atoms with Crippen LogP contribution in [0.2, 0.25) is 0 Å². The Balaban J connectivity index is 2.37. The summed E-state index contributed by atoms with van der Waals surface area (Å²) in [6.45, 7) is 0.00796. The highest BCUT2D eigenvalue weighted by Crippen LogP contribution is 2.17. The number of azide groups is 1. The average Bonchev–Trinajstić information content (AvgIpc) is 2.90. The lowest BCUT2D eigenvalue weighted by molar-refractivity contribution is 0.0104. The van der Waals surface area contributed by atoms with E-state index in [1.54, 1.807) is 0 Å². The summed E-state index contributed by atoms with van der Waals surface area (Å²) in [7, 11) is 1.41. The molecule has 0 radical (unpaired) electrons. The molecule has 2 heterocycles. The molecule has 11 nitrogen and oxygen atoms in total. The Morgan fingerprint density at radius 1 is 1.43 bits per heavy atom. The zero-order valence-electron chi connectivity index (χ0n) is 11.0. The van der Waals surface area contributed by atoms with E-state index < -0.39 is 23.5 Å². The molecule has 21 heavy (non-hydrogen) atoms. The van der Waals surface area contributed by atoms with Crippen LogP contribution < -0.4 is 11.2 Å². The summed E-state index contributed by atoms with van der Waals surface area (Å²) >= 11 is 0. The van der Waals surface area contributed by atoms with Crippen molar-refractivity contribution in [2.75, 3.05) is 6.54 Å². The van der Waals surface area contributed by atoms with E-state index in [4.69, 9.17) is 5.53 Å². The first-order valence-electron chi connectivity index (χ1n) is 6.01. The van der Waals surface area contributed by atoms with E-state index in [-0.39, 0.29) is 30.0 Å². The lowest BCUT2D eigenvalue weighted by Crippen LogP contribution is -2.28. The first-order valence-corrected chi connectivity index (χ1v) is 6.01. The minimum Gasteiger partial charge on any atom is -0.390 e. The van der Waals surface area contributed by atoms with Gasteiger partial charge in [-0.15, -0.1) is 0 Å². The van der Waals surface area contributed by atoms with Gasteiger partial charge in [0.2, 0.25) is 0 Å². The van der Waals surface area contributed by atoms with E-state index in [0.717, 1.165) is 4.57 Å². The van der Waals surface area contributed by atoms with Crippen molar-refractivity contribution in [1.29, 1.82) is 0 Å². The van der Waals surface area contributed by atoms with Gasteiger partial charge in [-0.1, -0.05) is 5.11 Å². The van der Waals surface area contributed by atoms with Gasteiger partial charge < -0.3 is 15.2 Å². The quantitative estimate of drug-likeness (QED) is 0.315. The molecule has 2 aromatic heterocycles. The highest BCUT2D eigenvalue weighted by atomic mass is 16.3. The molecule has 0 aliphatic heterocycles. The molecule has 2 rings (SSSR count). The van der Waals surface area contributed by atoms with E-state index >= 15 is 0 Å². The molecule has 0 saturated heterocycles. The van der Waals surface area contributed by atoms with Crippen molar-refractivity contribution in [2.24, 2.45) is 12.2 Å². The third-order valence-corrected chi connectivity index (χ3v) is 3.01. The Kier molecular flexibility index (Phi) is 4.08. The van der Waals surface area contributed by atoms with Gasteiger partial charge in [0.25, 0.3) is 5.56 Å². The molecular formula is C10H13N7O4. The van der Waals surface area contributed by atoms with E-state index in [2.05, 4.69) is 25.0 Å². The highest BCUT2D eigenvalue weighted by Gasteiger charge is 2.22. The number of aliphatic hydroxyl groups is 2. The SMILES string of the molecule is Cn1c(=O)[nH]c(=O)c2[nH]c(C(O)C(O)CCN=[N+]=[N-])nc21. The fraction of sp³-hybridized carbons (Fsp3) is 0.500. The number of aliphatic hydroxyl groups excluding tert-OH is 2. The molecule has 4 N–H and O–H groups in total. The number of aryl methyl sites for hydroxylation is 1. The molecule has 112 valence electrons. The van der Waals surface area contributed by atoms with Gasteiger partial charge in [0.1, 0.15) is 17.4 Å². The third kappa shape index (κ3) is 2.79. The summed E-state index contributed by atoms with van der Waals surface area (Å²) in [4.78, 5) is 34.2. The molecule has 2 atom stereocenters. The Bertz CT molecular complexity index is 813. The maximum Gasteiger partial charge on any atom is 0.329 e. The molecule has 0 bridgehead atoms. The second-order valence-corrected chi connectivity index (χ2v) is 4.39. The van der Waals surface area contributed by atoms with Crippen molar-refractivity contribution >= 4 is 11.2 Å². The van der Waals surface area contributed by atoms with Crippen molar-refractivity contribution in [3.05, 3.63) is 37.1 Å². The lowest BCUT2D eigenvalue weighted by Gasteiger charge is -2.14. The summed E-state index contributed by atoms with van der Waals surface area (Å²) in [5.74, 6) is -0.0508. The molecule has 0 spiro atoms. The second kappa shape index (κ2) is 5.79. The summed E-state index contributed by atoms with van der Waals surface area (Å²) in [6, 6.07) is 0. The van der Waals surface area contributed by atoms with Crippen LogP contribution in [-0.4, -0.2) is 42.4 Å². The number of aromatic amines is 2.